The van der Waals surface area contributed by atoms with Crippen molar-refractivity contribution in [3.63, 3.8) is 0 Å². The van der Waals surface area contributed by atoms with Crippen molar-refractivity contribution in [1.29, 1.82) is 0 Å². The molecule has 0 aromatic rings. The number of piperidine rings is 1. The Bertz CT molecular complexity index is 243. The lowest BCUT2D eigenvalue weighted by atomic mass is 9.93. The normalized spacial score (nSPS) is 29.5. The van der Waals surface area contributed by atoms with Crippen molar-refractivity contribution in [2.24, 2.45) is 5.92 Å². The summed E-state index contributed by atoms with van der Waals surface area (Å²) in [7, 11) is 3.99. The first-order chi connectivity index (χ1) is 8.34. The van der Waals surface area contributed by atoms with Crippen LogP contribution in [-0.2, 0) is 0 Å². The van der Waals surface area contributed by atoms with Crippen LogP contribution in [0.2, 0.25) is 0 Å². The van der Waals surface area contributed by atoms with E-state index in [-0.39, 0.29) is 0 Å². The summed E-state index contributed by atoms with van der Waals surface area (Å²) in [4.78, 5) is 4.53. The summed E-state index contributed by atoms with van der Waals surface area (Å²) in [5, 5.41) is 13.8. The van der Waals surface area contributed by atoms with E-state index in [2.05, 4.69) is 24.1 Å². The van der Waals surface area contributed by atoms with Gasteiger partial charge in [-0.05, 0) is 46.4 Å². The van der Waals surface area contributed by atoms with Crippen LogP contribution in [0.15, 0.2) is 0 Å². The second kappa shape index (κ2) is 6.85. The molecule has 0 amide bonds. The van der Waals surface area contributed by atoms with Crippen molar-refractivity contribution in [1.82, 2.24) is 15.1 Å². The zero-order chi connectivity index (χ0) is 13.8. The smallest absolute Gasteiger partial charge is 0.0869 e. The molecule has 1 rings (SSSR count). The standard InChI is InChI=1S/C14H31N3O/c1-6-17-8-7-13(12(2)9-17)15-10-14(3,18)11-16(4)5/h12-13,15,18H,6-11H2,1-5H3. The molecular weight excluding hydrogens is 226 g/mol. The zero-order valence-corrected chi connectivity index (χ0v) is 12.7. The first-order valence-corrected chi connectivity index (χ1v) is 7.17. The summed E-state index contributed by atoms with van der Waals surface area (Å²) < 4.78 is 0. The SMILES string of the molecule is CCN1CCC(NCC(C)(O)CN(C)C)C(C)C1. The maximum absolute atomic E-state index is 10.3. The minimum absolute atomic E-state index is 0.543. The summed E-state index contributed by atoms with van der Waals surface area (Å²) in [6.45, 7) is 11.3. The van der Waals surface area contributed by atoms with Gasteiger partial charge < -0.3 is 20.2 Å². The van der Waals surface area contributed by atoms with Crippen LogP contribution in [0, 0.1) is 5.92 Å². The number of likely N-dealkylation sites (N-methyl/N-ethyl adjacent to an activating group) is 1. The number of hydrogen-bond donors (Lipinski definition) is 2. The largest absolute Gasteiger partial charge is 0.388 e. The van der Waals surface area contributed by atoms with E-state index < -0.39 is 5.60 Å². The predicted molar refractivity (Wildman–Crippen MR) is 76.9 cm³/mol. The quantitative estimate of drug-likeness (QED) is 0.732. The fourth-order valence-electron chi connectivity index (χ4n) is 2.91. The van der Waals surface area contributed by atoms with Gasteiger partial charge in [0.25, 0.3) is 0 Å². The van der Waals surface area contributed by atoms with E-state index in [9.17, 15) is 5.11 Å². The van der Waals surface area contributed by atoms with Gasteiger partial charge in [-0.1, -0.05) is 13.8 Å². The highest BCUT2D eigenvalue weighted by Crippen LogP contribution is 2.17. The van der Waals surface area contributed by atoms with Gasteiger partial charge in [0, 0.05) is 25.7 Å². The van der Waals surface area contributed by atoms with E-state index in [0.29, 0.717) is 25.0 Å². The van der Waals surface area contributed by atoms with Crippen LogP contribution < -0.4 is 5.32 Å². The predicted octanol–water partition coefficient (Wildman–Crippen LogP) is 0.619. The molecule has 4 nitrogen and oxygen atoms in total. The van der Waals surface area contributed by atoms with E-state index in [1.165, 1.54) is 19.5 Å². The van der Waals surface area contributed by atoms with Crippen LogP contribution >= 0.6 is 0 Å². The molecule has 3 unspecified atom stereocenters. The molecule has 1 aliphatic heterocycles. The van der Waals surface area contributed by atoms with Crippen molar-refractivity contribution in [2.45, 2.75) is 38.8 Å². The van der Waals surface area contributed by atoms with Crippen LogP contribution in [0.1, 0.15) is 27.2 Å². The fourth-order valence-corrected chi connectivity index (χ4v) is 2.91. The molecule has 0 aromatic heterocycles. The highest BCUT2D eigenvalue weighted by atomic mass is 16.3. The van der Waals surface area contributed by atoms with Gasteiger partial charge in [0.2, 0.25) is 0 Å². The van der Waals surface area contributed by atoms with Crippen molar-refractivity contribution >= 4 is 0 Å². The van der Waals surface area contributed by atoms with Crippen LogP contribution in [0.3, 0.4) is 0 Å². The molecule has 1 saturated heterocycles. The first kappa shape index (κ1) is 15.9. The molecule has 0 bridgehead atoms. The molecule has 0 saturated carbocycles. The van der Waals surface area contributed by atoms with Crippen LogP contribution in [0.5, 0.6) is 0 Å². The van der Waals surface area contributed by atoms with Gasteiger partial charge in [-0.2, -0.15) is 0 Å². The van der Waals surface area contributed by atoms with E-state index in [1.54, 1.807) is 0 Å². The molecule has 0 radical (unpaired) electrons. The zero-order valence-electron chi connectivity index (χ0n) is 12.7. The summed E-state index contributed by atoms with van der Waals surface area (Å²) in [6, 6.07) is 0.543. The number of likely N-dealkylation sites (tertiary alicyclic amines) is 1. The third-order valence-electron chi connectivity index (χ3n) is 3.84. The number of aliphatic hydroxyl groups is 1. The van der Waals surface area contributed by atoms with Crippen LogP contribution in [0.25, 0.3) is 0 Å². The Kier molecular flexibility index (Phi) is 6.05. The maximum Gasteiger partial charge on any atom is 0.0869 e. The first-order valence-electron chi connectivity index (χ1n) is 7.17. The van der Waals surface area contributed by atoms with Crippen LogP contribution in [-0.4, -0.2) is 73.4 Å². The van der Waals surface area contributed by atoms with Gasteiger partial charge in [-0.3, -0.25) is 0 Å². The molecule has 2 N–H and O–H groups in total. The average Bonchev–Trinajstić information content (AvgIpc) is 2.25. The molecule has 4 heteroatoms. The lowest BCUT2D eigenvalue weighted by Gasteiger charge is -2.38. The van der Waals surface area contributed by atoms with Gasteiger partial charge in [0.15, 0.2) is 0 Å². The third kappa shape index (κ3) is 5.22. The topological polar surface area (TPSA) is 38.7 Å². The van der Waals surface area contributed by atoms with Gasteiger partial charge in [-0.25, -0.2) is 0 Å². The molecule has 0 spiro atoms. The average molecular weight is 257 g/mol. The number of nitrogens with one attached hydrogen (secondary N) is 1. The van der Waals surface area contributed by atoms with Gasteiger partial charge in [0.05, 0.1) is 5.60 Å². The van der Waals surface area contributed by atoms with E-state index in [4.69, 9.17) is 0 Å². The van der Waals surface area contributed by atoms with Crippen molar-refractivity contribution in [3.8, 4) is 0 Å². The van der Waals surface area contributed by atoms with E-state index in [1.807, 2.05) is 25.9 Å². The highest BCUT2D eigenvalue weighted by molar-refractivity contribution is 4.86. The molecule has 3 atom stereocenters. The van der Waals surface area contributed by atoms with Crippen molar-refractivity contribution in [3.05, 3.63) is 0 Å². The number of nitrogens with zero attached hydrogens (tertiary/aromatic N) is 2. The van der Waals surface area contributed by atoms with Crippen molar-refractivity contribution in [2.75, 3.05) is 46.8 Å². The summed E-state index contributed by atoms with van der Waals surface area (Å²) in [5.41, 5.74) is -0.648. The Morgan fingerprint density at radius 1 is 1.44 bits per heavy atom. The Balaban J connectivity index is 2.35. The fraction of sp³-hybridized carbons (Fsp3) is 1.00. The van der Waals surface area contributed by atoms with Crippen LogP contribution in [0.4, 0.5) is 0 Å². The Labute approximate surface area is 112 Å². The summed E-state index contributed by atoms with van der Waals surface area (Å²) >= 11 is 0. The summed E-state index contributed by atoms with van der Waals surface area (Å²) in [5.74, 6) is 0.661. The third-order valence-corrected chi connectivity index (χ3v) is 3.84. The lowest BCUT2D eigenvalue weighted by Crippen LogP contribution is -2.53. The minimum Gasteiger partial charge on any atom is -0.388 e. The Hall–Kier alpha value is -0.160. The molecular formula is C14H31N3O. The summed E-state index contributed by atoms with van der Waals surface area (Å²) in [6.07, 6.45) is 1.19. The van der Waals surface area contributed by atoms with Gasteiger partial charge >= 0.3 is 0 Å². The van der Waals surface area contributed by atoms with Crippen molar-refractivity contribution < 1.29 is 5.11 Å². The van der Waals surface area contributed by atoms with Gasteiger partial charge in [-0.15, -0.1) is 0 Å². The second-order valence-electron chi connectivity index (χ2n) is 6.38. The Morgan fingerprint density at radius 3 is 2.61 bits per heavy atom. The Morgan fingerprint density at radius 2 is 2.11 bits per heavy atom. The van der Waals surface area contributed by atoms with Gasteiger partial charge in [0.1, 0.15) is 0 Å². The molecule has 1 fully saturated rings. The molecule has 0 aromatic carbocycles. The maximum atomic E-state index is 10.3. The number of rotatable bonds is 6. The van der Waals surface area contributed by atoms with E-state index in [0.717, 1.165) is 6.54 Å². The molecule has 1 heterocycles. The highest BCUT2D eigenvalue weighted by Gasteiger charge is 2.28. The molecule has 108 valence electrons. The molecule has 18 heavy (non-hydrogen) atoms. The second-order valence-corrected chi connectivity index (χ2v) is 6.38. The monoisotopic (exact) mass is 257 g/mol. The minimum atomic E-state index is -0.648. The molecule has 0 aliphatic carbocycles. The van der Waals surface area contributed by atoms with E-state index >= 15 is 0 Å². The lowest BCUT2D eigenvalue weighted by molar-refractivity contribution is 0.0256. The molecule has 1 aliphatic rings. The number of hydrogen-bond acceptors (Lipinski definition) is 4.